The van der Waals surface area contributed by atoms with Crippen molar-refractivity contribution in [3.05, 3.63) is 81.3 Å². The molecule has 2 aromatic carbocycles. The highest BCUT2D eigenvalue weighted by Gasteiger charge is 2.22. The number of hydrogen-bond donors (Lipinski definition) is 0. The Balaban J connectivity index is 1.68. The Hall–Kier alpha value is -2.37. The molecular weight excluding hydrogens is 392 g/mol. The number of hydrogen-bond acceptors (Lipinski definition) is 4. The Morgan fingerprint density at radius 1 is 1.18 bits per heavy atom. The molecule has 0 saturated heterocycles. The van der Waals surface area contributed by atoms with Crippen LogP contribution in [0.25, 0.3) is 0 Å². The van der Waals surface area contributed by atoms with Crippen molar-refractivity contribution in [1.29, 1.82) is 0 Å². The number of carbonyl (C=O) groups excluding carboxylic acids is 1. The van der Waals surface area contributed by atoms with E-state index >= 15 is 0 Å². The summed E-state index contributed by atoms with van der Waals surface area (Å²) in [7, 11) is 0. The lowest BCUT2D eigenvalue weighted by atomic mass is 10.1. The number of thiazole rings is 1. The second-order valence-electron chi connectivity index (χ2n) is 6.53. The predicted octanol–water partition coefficient (Wildman–Crippen LogP) is 5.82. The third kappa shape index (κ3) is 5.33. The SMILES string of the molecule is CCC(C)N(Cc1csc(COc2ccccc2)n1)C(=O)c1ccc(Cl)cc1. The van der Waals surface area contributed by atoms with Gasteiger partial charge in [0.1, 0.15) is 17.4 Å². The van der Waals surface area contributed by atoms with Gasteiger partial charge in [-0.1, -0.05) is 36.7 Å². The maximum absolute atomic E-state index is 13.0. The van der Waals surface area contributed by atoms with Crippen LogP contribution in [-0.4, -0.2) is 21.8 Å². The van der Waals surface area contributed by atoms with Crippen molar-refractivity contribution in [2.24, 2.45) is 0 Å². The van der Waals surface area contributed by atoms with Gasteiger partial charge in [-0.15, -0.1) is 11.3 Å². The number of rotatable bonds is 8. The molecule has 0 fully saturated rings. The van der Waals surface area contributed by atoms with E-state index in [1.165, 1.54) is 0 Å². The summed E-state index contributed by atoms with van der Waals surface area (Å²) in [6, 6.07) is 16.8. The maximum atomic E-state index is 13.0. The zero-order valence-electron chi connectivity index (χ0n) is 16.0. The minimum Gasteiger partial charge on any atom is -0.486 e. The van der Waals surface area contributed by atoms with E-state index in [2.05, 4.69) is 18.8 Å². The lowest BCUT2D eigenvalue weighted by Crippen LogP contribution is -2.37. The summed E-state index contributed by atoms with van der Waals surface area (Å²) in [5.41, 5.74) is 1.51. The number of aromatic nitrogens is 1. The van der Waals surface area contributed by atoms with E-state index in [-0.39, 0.29) is 11.9 Å². The number of amides is 1. The Labute approximate surface area is 174 Å². The maximum Gasteiger partial charge on any atom is 0.254 e. The van der Waals surface area contributed by atoms with Gasteiger partial charge < -0.3 is 9.64 Å². The Kier molecular flexibility index (Phi) is 7.06. The van der Waals surface area contributed by atoms with Crippen molar-refractivity contribution in [1.82, 2.24) is 9.88 Å². The van der Waals surface area contributed by atoms with Gasteiger partial charge in [-0.25, -0.2) is 4.98 Å². The van der Waals surface area contributed by atoms with Gasteiger partial charge in [0.2, 0.25) is 0 Å². The molecule has 0 spiro atoms. The summed E-state index contributed by atoms with van der Waals surface area (Å²) in [4.78, 5) is 19.5. The quantitative estimate of drug-likeness (QED) is 0.466. The van der Waals surface area contributed by atoms with Gasteiger partial charge in [-0.3, -0.25) is 4.79 Å². The monoisotopic (exact) mass is 414 g/mol. The Bertz CT molecular complexity index is 896. The Morgan fingerprint density at radius 3 is 2.57 bits per heavy atom. The first-order valence-electron chi connectivity index (χ1n) is 9.24. The van der Waals surface area contributed by atoms with Crippen LogP contribution in [0.3, 0.4) is 0 Å². The summed E-state index contributed by atoms with van der Waals surface area (Å²) in [5.74, 6) is 0.805. The highest BCUT2D eigenvalue weighted by atomic mass is 35.5. The van der Waals surface area contributed by atoms with Crippen LogP contribution < -0.4 is 4.74 Å². The molecule has 4 nitrogen and oxygen atoms in total. The van der Waals surface area contributed by atoms with E-state index in [1.54, 1.807) is 35.6 Å². The van der Waals surface area contributed by atoms with Crippen molar-refractivity contribution in [3.63, 3.8) is 0 Å². The van der Waals surface area contributed by atoms with Crippen LogP contribution in [0.4, 0.5) is 0 Å². The fourth-order valence-electron chi connectivity index (χ4n) is 2.73. The zero-order valence-corrected chi connectivity index (χ0v) is 17.5. The number of nitrogens with zero attached hydrogens (tertiary/aromatic N) is 2. The van der Waals surface area contributed by atoms with Gasteiger partial charge in [0.15, 0.2) is 0 Å². The summed E-state index contributed by atoms with van der Waals surface area (Å²) in [6.45, 7) is 5.02. The van der Waals surface area contributed by atoms with E-state index < -0.39 is 0 Å². The number of carbonyl (C=O) groups is 1. The molecule has 0 radical (unpaired) electrons. The number of benzene rings is 2. The van der Waals surface area contributed by atoms with Gasteiger partial charge in [-0.2, -0.15) is 0 Å². The van der Waals surface area contributed by atoms with Crippen LogP contribution in [-0.2, 0) is 13.2 Å². The smallest absolute Gasteiger partial charge is 0.254 e. The highest BCUT2D eigenvalue weighted by Crippen LogP contribution is 2.20. The largest absolute Gasteiger partial charge is 0.486 e. The van der Waals surface area contributed by atoms with Crippen molar-refractivity contribution in [2.45, 2.75) is 39.5 Å². The molecule has 1 unspecified atom stereocenters. The van der Waals surface area contributed by atoms with Crippen LogP contribution >= 0.6 is 22.9 Å². The first-order valence-corrected chi connectivity index (χ1v) is 10.5. The molecule has 3 rings (SSSR count). The van der Waals surface area contributed by atoms with Gasteiger partial charge in [-0.05, 0) is 49.7 Å². The summed E-state index contributed by atoms with van der Waals surface area (Å²) >= 11 is 7.49. The van der Waals surface area contributed by atoms with Crippen molar-refractivity contribution < 1.29 is 9.53 Å². The van der Waals surface area contributed by atoms with Crippen LogP contribution in [0.2, 0.25) is 5.02 Å². The summed E-state index contributed by atoms with van der Waals surface area (Å²) < 4.78 is 5.76. The molecule has 0 N–H and O–H groups in total. The van der Waals surface area contributed by atoms with Crippen molar-refractivity contribution in [3.8, 4) is 5.75 Å². The molecule has 1 heterocycles. The molecule has 0 aliphatic rings. The molecular formula is C22H23ClN2O2S. The molecule has 0 saturated carbocycles. The topological polar surface area (TPSA) is 42.4 Å². The van der Waals surface area contributed by atoms with E-state index in [0.29, 0.717) is 23.7 Å². The molecule has 6 heteroatoms. The standard InChI is InChI=1S/C22H23ClN2O2S/c1-3-16(2)25(22(26)17-9-11-18(23)12-10-17)13-19-15-28-21(24-19)14-27-20-7-5-4-6-8-20/h4-12,15-16H,3,13-14H2,1-2H3. The second kappa shape index (κ2) is 9.71. The lowest BCUT2D eigenvalue weighted by molar-refractivity contribution is 0.0669. The summed E-state index contributed by atoms with van der Waals surface area (Å²) in [5, 5.41) is 3.50. The molecule has 1 aromatic heterocycles. The van der Waals surface area contributed by atoms with Crippen molar-refractivity contribution >= 4 is 28.8 Å². The predicted molar refractivity (Wildman–Crippen MR) is 114 cm³/mol. The summed E-state index contributed by atoms with van der Waals surface area (Å²) in [6.07, 6.45) is 0.868. The minimum atomic E-state index is -0.0129. The minimum absolute atomic E-state index is 0.0129. The third-order valence-corrected chi connectivity index (χ3v) is 5.64. The van der Waals surface area contributed by atoms with Crippen LogP contribution in [0.15, 0.2) is 60.0 Å². The molecule has 1 amide bonds. The zero-order chi connectivity index (χ0) is 19.9. The average molecular weight is 415 g/mol. The molecule has 28 heavy (non-hydrogen) atoms. The normalized spacial score (nSPS) is 11.8. The number of ether oxygens (including phenoxy) is 1. The molecule has 1 atom stereocenters. The van der Waals surface area contributed by atoms with Crippen LogP contribution in [0, 0.1) is 0 Å². The first kappa shape index (κ1) is 20.4. The van der Waals surface area contributed by atoms with Crippen LogP contribution in [0.1, 0.15) is 41.3 Å². The lowest BCUT2D eigenvalue weighted by Gasteiger charge is -2.28. The molecule has 0 bridgehead atoms. The van der Waals surface area contributed by atoms with Crippen molar-refractivity contribution in [2.75, 3.05) is 0 Å². The fraction of sp³-hybridized carbons (Fsp3) is 0.273. The van der Waals surface area contributed by atoms with Gasteiger partial charge in [0.25, 0.3) is 5.91 Å². The highest BCUT2D eigenvalue weighted by molar-refractivity contribution is 7.09. The van der Waals surface area contributed by atoms with Gasteiger partial charge in [0, 0.05) is 22.0 Å². The molecule has 3 aromatic rings. The van der Waals surface area contributed by atoms with Gasteiger partial charge in [0.05, 0.1) is 12.2 Å². The first-order chi connectivity index (χ1) is 13.6. The second-order valence-corrected chi connectivity index (χ2v) is 7.91. The van der Waals surface area contributed by atoms with Crippen LogP contribution in [0.5, 0.6) is 5.75 Å². The number of halogens is 1. The van der Waals surface area contributed by atoms with E-state index in [4.69, 9.17) is 16.3 Å². The van der Waals surface area contributed by atoms with E-state index in [1.807, 2.05) is 40.6 Å². The molecule has 0 aliphatic carbocycles. The molecule has 146 valence electrons. The Morgan fingerprint density at radius 2 is 1.89 bits per heavy atom. The van der Waals surface area contributed by atoms with E-state index in [9.17, 15) is 4.79 Å². The number of para-hydroxylation sites is 1. The average Bonchev–Trinajstić information content (AvgIpc) is 3.18. The fourth-order valence-corrected chi connectivity index (χ4v) is 3.55. The van der Waals surface area contributed by atoms with E-state index in [0.717, 1.165) is 22.9 Å². The third-order valence-electron chi connectivity index (χ3n) is 4.51. The molecule has 0 aliphatic heterocycles. The van der Waals surface area contributed by atoms with Gasteiger partial charge >= 0.3 is 0 Å².